The number of hydrogen-bond donors (Lipinski definition) is 4. The maximum Gasteiger partial charge on any atom is 0.334 e. The Kier molecular flexibility index (Phi) is 10.4. The van der Waals surface area contributed by atoms with Gasteiger partial charge in [-0.3, -0.25) is 19.2 Å². The van der Waals surface area contributed by atoms with E-state index < -0.39 is 76.7 Å². The molecule has 55 heavy (non-hydrogen) atoms. The predicted octanol–water partition coefficient (Wildman–Crippen LogP) is -0.860. The van der Waals surface area contributed by atoms with Crippen LogP contribution in [0.3, 0.4) is 0 Å². The van der Waals surface area contributed by atoms with Gasteiger partial charge in [-0.15, -0.1) is 0 Å². The van der Waals surface area contributed by atoms with Gasteiger partial charge in [0, 0.05) is 61.8 Å². The van der Waals surface area contributed by atoms with Crippen molar-refractivity contribution in [3.63, 3.8) is 0 Å². The summed E-state index contributed by atoms with van der Waals surface area (Å²) in [7, 11) is 0. The van der Waals surface area contributed by atoms with E-state index in [4.69, 9.17) is 28.4 Å². The lowest BCUT2D eigenvalue weighted by molar-refractivity contribution is -0.289. The van der Waals surface area contributed by atoms with Crippen LogP contribution in [-0.4, -0.2) is 165 Å². The molecule has 0 aromatic heterocycles. The van der Waals surface area contributed by atoms with Gasteiger partial charge >= 0.3 is 17.9 Å². The molecule has 0 radical (unpaired) electrons. The zero-order valence-corrected chi connectivity index (χ0v) is 32.1. The third-order valence-corrected chi connectivity index (χ3v) is 14.0. The number of carbonyl (C=O) groups excluding carboxylic acids is 5. The SMILES string of the molecule is CC1O[C@H](COC(=O)CCC(=O)N2CCN(C(=O)CCC(=O)O[C@@H]3[C@@](C)(O)[C@@H](C)[C@@H]4O[C@@]45[C@@]4(C)CCC6=C(COC6=O)C4CO[C@]35C)CC2)[C@@H](O)[C@H](O)[C@H]1O. The number of nitrogens with zero attached hydrogens (tertiary/aromatic N) is 2. The Morgan fingerprint density at radius 3 is 2.13 bits per heavy atom. The standard InChI is InChI=1S/C38H54N2O15/c1-19-32-38(55-32)35(3)11-10-21-22(16-51-33(21)48)23(35)17-52-37(38,5)34(36(19,4)49)54-28(44)9-7-26(42)40-14-12-39(13-15-40)25(41)6-8-27(43)50-18-24-30(46)31(47)29(45)20(2)53-24/h19-20,23-24,29-32,34,45-47,49H,6-18H2,1-5H3/t19-,20?,23?,24+,29-,30+,31+,32-,34+,35-,36-,37+,38+/m0/s1. The number of cyclic esters (lactones) is 1. The summed E-state index contributed by atoms with van der Waals surface area (Å²) < 4.78 is 35.2. The topological polar surface area (TPSA) is 231 Å². The van der Waals surface area contributed by atoms with Crippen LogP contribution in [0, 0.1) is 17.3 Å². The Morgan fingerprint density at radius 1 is 0.873 bits per heavy atom. The van der Waals surface area contributed by atoms with E-state index in [0.29, 0.717) is 18.4 Å². The maximum absolute atomic E-state index is 13.4. The van der Waals surface area contributed by atoms with Crippen LogP contribution in [0.25, 0.3) is 0 Å². The first kappa shape index (κ1) is 40.0. The number of hydrogen-bond acceptors (Lipinski definition) is 15. The molecular formula is C38H54N2O15. The lowest BCUT2D eigenvalue weighted by atomic mass is 9.47. The molecule has 2 aliphatic carbocycles. The number of esters is 3. The van der Waals surface area contributed by atoms with Crippen molar-refractivity contribution in [1.29, 1.82) is 0 Å². The monoisotopic (exact) mass is 778 g/mol. The van der Waals surface area contributed by atoms with E-state index >= 15 is 0 Å². The zero-order valence-electron chi connectivity index (χ0n) is 32.1. The first-order valence-corrected chi connectivity index (χ1v) is 19.4. The van der Waals surface area contributed by atoms with Crippen LogP contribution in [0.15, 0.2) is 11.1 Å². The fourth-order valence-corrected chi connectivity index (χ4v) is 10.4. The summed E-state index contributed by atoms with van der Waals surface area (Å²) in [5.74, 6) is -2.75. The molecule has 7 aliphatic rings. The molecule has 1 saturated carbocycles. The minimum atomic E-state index is -1.51. The number of fused-ring (bicyclic) bond motifs is 2. The number of piperazine rings is 1. The molecule has 5 fully saturated rings. The molecule has 4 N–H and O–H groups in total. The Bertz CT molecular complexity index is 1630. The highest BCUT2D eigenvalue weighted by atomic mass is 16.7. The average Bonchev–Trinajstić information content (AvgIpc) is 3.83. The van der Waals surface area contributed by atoms with Crippen LogP contribution in [0.4, 0.5) is 0 Å². The van der Waals surface area contributed by atoms with E-state index in [0.717, 1.165) is 5.57 Å². The molecule has 5 heterocycles. The third kappa shape index (κ3) is 6.37. The van der Waals surface area contributed by atoms with E-state index in [-0.39, 0.29) is 101 Å². The molecule has 0 bridgehead atoms. The predicted molar refractivity (Wildman–Crippen MR) is 185 cm³/mol. The first-order valence-electron chi connectivity index (χ1n) is 19.4. The second-order valence-corrected chi connectivity index (χ2v) is 16.9. The van der Waals surface area contributed by atoms with Gasteiger partial charge in [-0.1, -0.05) is 13.8 Å². The molecule has 17 nitrogen and oxygen atoms in total. The van der Waals surface area contributed by atoms with Gasteiger partial charge < -0.3 is 58.6 Å². The van der Waals surface area contributed by atoms with Gasteiger partial charge in [-0.05, 0) is 39.2 Å². The molecule has 0 aromatic rings. The summed E-state index contributed by atoms with van der Waals surface area (Å²) in [5.41, 5.74) is -2.42. The van der Waals surface area contributed by atoms with E-state index in [2.05, 4.69) is 6.92 Å². The normalized spacial score (nSPS) is 43.4. The Labute approximate surface area is 319 Å². The second kappa shape index (κ2) is 14.3. The van der Waals surface area contributed by atoms with Crippen molar-refractivity contribution in [1.82, 2.24) is 9.80 Å². The molecular weight excluding hydrogens is 724 g/mol. The van der Waals surface area contributed by atoms with Crippen LogP contribution in [0.1, 0.15) is 73.1 Å². The maximum atomic E-state index is 13.4. The van der Waals surface area contributed by atoms with Crippen molar-refractivity contribution in [2.24, 2.45) is 17.3 Å². The number of aliphatic hydroxyl groups excluding tert-OH is 3. The van der Waals surface area contributed by atoms with Crippen LogP contribution >= 0.6 is 0 Å². The van der Waals surface area contributed by atoms with Gasteiger partial charge in [0.15, 0.2) is 6.10 Å². The summed E-state index contributed by atoms with van der Waals surface area (Å²) in [6.45, 7) is 10.1. The van der Waals surface area contributed by atoms with Crippen LogP contribution in [0.5, 0.6) is 0 Å². The fourth-order valence-electron chi connectivity index (χ4n) is 10.4. The summed E-state index contributed by atoms with van der Waals surface area (Å²) in [6.07, 6.45) is -6.92. The van der Waals surface area contributed by atoms with E-state index in [9.17, 15) is 44.4 Å². The minimum absolute atomic E-state index is 0.127. The van der Waals surface area contributed by atoms with Gasteiger partial charge in [0.05, 0.1) is 31.7 Å². The van der Waals surface area contributed by atoms with E-state index in [1.807, 2.05) is 13.8 Å². The summed E-state index contributed by atoms with van der Waals surface area (Å²) >= 11 is 0. The molecule has 4 saturated heterocycles. The third-order valence-electron chi connectivity index (χ3n) is 14.0. The fraction of sp³-hybridized carbons (Fsp3) is 0.816. The van der Waals surface area contributed by atoms with Crippen molar-refractivity contribution in [3.8, 4) is 0 Å². The molecule has 5 aliphatic heterocycles. The highest BCUT2D eigenvalue weighted by molar-refractivity contribution is 5.92. The number of aliphatic hydroxyl groups is 4. The molecule has 17 heteroatoms. The van der Waals surface area contributed by atoms with Crippen molar-refractivity contribution in [2.75, 3.05) is 46.0 Å². The Hall–Kier alpha value is -3.19. The lowest BCUT2D eigenvalue weighted by Crippen LogP contribution is -2.77. The molecule has 2 unspecified atom stereocenters. The highest BCUT2D eigenvalue weighted by Gasteiger charge is 2.87. The average molecular weight is 779 g/mol. The van der Waals surface area contributed by atoms with Gasteiger partial charge in [0.1, 0.15) is 54.4 Å². The Morgan fingerprint density at radius 2 is 1.49 bits per heavy atom. The first-order chi connectivity index (χ1) is 25.9. The summed E-state index contributed by atoms with van der Waals surface area (Å²) in [5, 5.41) is 41.7. The molecule has 0 aromatic carbocycles. The van der Waals surface area contributed by atoms with Crippen molar-refractivity contribution in [3.05, 3.63) is 11.1 Å². The van der Waals surface area contributed by atoms with Crippen molar-refractivity contribution < 1.29 is 72.8 Å². The lowest BCUT2D eigenvalue weighted by Gasteiger charge is -2.62. The molecule has 2 amide bonds. The molecule has 1 spiro atoms. The number of amides is 2. The van der Waals surface area contributed by atoms with Crippen molar-refractivity contribution >= 4 is 29.7 Å². The van der Waals surface area contributed by atoms with Gasteiger partial charge in [-0.25, -0.2) is 4.79 Å². The van der Waals surface area contributed by atoms with E-state index in [1.165, 1.54) is 6.92 Å². The summed E-state index contributed by atoms with van der Waals surface area (Å²) in [4.78, 5) is 67.2. The van der Waals surface area contributed by atoms with Crippen LogP contribution in [0.2, 0.25) is 0 Å². The van der Waals surface area contributed by atoms with E-state index in [1.54, 1.807) is 16.7 Å². The minimum Gasteiger partial charge on any atom is -0.463 e. The number of carbonyl (C=O) groups is 5. The van der Waals surface area contributed by atoms with Gasteiger partial charge in [-0.2, -0.15) is 0 Å². The van der Waals surface area contributed by atoms with Gasteiger partial charge in [0.25, 0.3) is 0 Å². The van der Waals surface area contributed by atoms with Gasteiger partial charge in [0.2, 0.25) is 11.8 Å². The quantitative estimate of drug-likeness (QED) is 0.127. The largest absolute Gasteiger partial charge is 0.463 e. The van der Waals surface area contributed by atoms with Crippen LogP contribution < -0.4 is 0 Å². The number of ether oxygens (including phenoxy) is 6. The summed E-state index contributed by atoms with van der Waals surface area (Å²) in [6, 6.07) is 0. The highest BCUT2D eigenvalue weighted by Crippen LogP contribution is 2.73. The molecule has 306 valence electrons. The second-order valence-electron chi connectivity index (χ2n) is 16.9. The smallest absolute Gasteiger partial charge is 0.334 e. The molecule has 13 atom stereocenters. The zero-order chi connectivity index (χ0) is 39.8. The van der Waals surface area contributed by atoms with Crippen LogP contribution in [-0.2, 0) is 52.4 Å². The number of epoxide rings is 1. The van der Waals surface area contributed by atoms with Crippen molar-refractivity contribution in [2.45, 2.75) is 133 Å². The molecule has 7 rings (SSSR count). The Balaban J connectivity index is 0.880. The number of rotatable bonds is 9.